The summed E-state index contributed by atoms with van der Waals surface area (Å²) in [5.74, 6) is 0. The van der Waals surface area contributed by atoms with Crippen molar-refractivity contribution >= 4 is 19.2 Å². The van der Waals surface area contributed by atoms with Gasteiger partial charge >= 0.3 is 8.72 Å². The monoisotopic (exact) mass is 208 g/mol. The minimum atomic E-state index is -2.03. The van der Waals surface area contributed by atoms with Gasteiger partial charge in [0.05, 0.1) is 0 Å². The minimum Gasteiger partial charge on any atom is -0.433 e. The second-order valence-electron chi connectivity index (χ2n) is 2.63. The molecule has 1 unspecified atom stereocenters. The molecule has 0 amide bonds. The summed E-state index contributed by atoms with van der Waals surface area (Å²) in [6.45, 7) is 3.54. The zero-order chi connectivity index (χ0) is 9.45. The molecule has 0 spiro atoms. The van der Waals surface area contributed by atoms with E-state index in [1.165, 1.54) is 0 Å². The van der Waals surface area contributed by atoms with Gasteiger partial charge in [-0.25, -0.2) is 0 Å². The van der Waals surface area contributed by atoms with E-state index < -0.39 is 8.72 Å². The molecular weight excluding hydrogens is 188 g/mol. The summed E-state index contributed by atoms with van der Waals surface area (Å²) in [5, 5.41) is 0. The number of rotatable bonds is 7. The molecule has 0 radical (unpaired) electrons. The summed E-state index contributed by atoms with van der Waals surface area (Å²) >= 11 is 0. The summed E-state index contributed by atoms with van der Waals surface area (Å²) in [4.78, 5) is 3.29. The van der Waals surface area contributed by atoms with Crippen LogP contribution in [0.4, 0.5) is 0 Å². The first-order valence-electron chi connectivity index (χ1n) is 4.30. The van der Waals surface area contributed by atoms with Gasteiger partial charge in [0.25, 0.3) is 0 Å². The first-order chi connectivity index (χ1) is 5.74. The number of nitrogens with two attached hydrogens (primary N) is 1. The van der Waals surface area contributed by atoms with Crippen LogP contribution in [0.15, 0.2) is 0 Å². The molecule has 4 nitrogen and oxygen atoms in total. The quantitative estimate of drug-likeness (QED) is 0.518. The highest BCUT2D eigenvalue weighted by atomic mass is 28.4. The lowest BCUT2D eigenvalue weighted by Gasteiger charge is -2.27. The average molecular weight is 208 g/mol. The van der Waals surface area contributed by atoms with Crippen molar-refractivity contribution in [1.29, 1.82) is 0 Å². The lowest BCUT2D eigenvalue weighted by Crippen LogP contribution is -2.56. The Labute approximate surface area is 78.7 Å². The van der Waals surface area contributed by atoms with Crippen molar-refractivity contribution in [3.05, 3.63) is 0 Å². The summed E-state index contributed by atoms with van der Waals surface area (Å²) in [6, 6.07) is 0.993. The minimum absolute atomic E-state index is 0.632. The first-order valence-corrected chi connectivity index (χ1v) is 7.14. The van der Waals surface area contributed by atoms with E-state index in [1.807, 2.05) is 0 Å². The Hall–Kier alpha value is 0.274. The zero-order valence-corrected chi connectivity index (χ0v) is 11.2. The molecule has 12 heavy (non-hydrogen) atoms. The zero-order valence-electron chi connectivity index (χ0n) is 8.22. The van der Waals surface area contributed by atoms with E-state index >= 15 is 0 Å². The molecule has 6 heteroatoms. The van der Waals surface area contributed by atoms with E-state index in [4.69, 9.17) is 14.3 Å². The van der Waals surface area contributed by atoms with Crippen molar-refractivity contribution in [2.24, 2.45) is 5.73 Å². The topological polar surface area (TPSA) is 56.5 Å². The van der Waals surface area contributed by atoms with Gasteiger partial charge in [0.1, 0.15) is 10.5 Å². The summed E-state index contributed by atoms with van der Waals surface area (Å²) in [5.41, 5.74) is 5.40. The smallest absolute Gasteiger partial charge is 0.413 e. The second kappa shape index (κ2) is 6.75. The van der Waals surface area contributed by atoms with Crippen LogP contribution in [0.5, 0.6) is 0 Å². The van der Waals surface area contributed by atoms with Gasteiger partial charge in [0.15, 0.2) is 0 Å². The molecule has 0 aliphatic rings. The van der Waals surface area contributed by atoms with E-state index in [9.17, 15) is 0 Å². The molecule has 0 heterocycles. The van der Waals surface area contributed by atoms with Crippen LogP contribution in [-0.4, -0.2) is 39.4 Å². The van der Waals surface area contributed by atoms with E-state index in [0.29, 0.717) is 6.54 Å². The summed E-state index contributed by atoms with van der Waals surface area (Å²) in [6.07, 6.45) is 1.08. The number of hydrogen-bond acceptors (Lipinski definition) is 4. The third-order valence-corrected chi connectivity index (χ3v) is 7.02. The third kappa shape index (κ3) is 3.79. The third-order valence-electron chi connectivity index (χ3n) is 1.78. The lowest BCUT2D eigenvalue weighted by molar-refractivity contribution is 0.290. The van der Waals surface area contributed by atoms with Gasteiger partial charge in [-0.1, -0.05) is 13.3 Å². The van der Waals surface area contributed by atoms with Crippen LogP contribution in [-0.2, 0) is 8.54 Å². The Balaban J connectivity index is 3.95. The van der Waals surface area contributed by atoms with Crippen LogP contribution in [0.3, 0.4) is 0 Å². The highest BCUT2D eigenvalue weighted by Crippen LogP contribution is 2.09. The molecule has 1 atom stereocenters. The van der Waals surface area contributed by atoms with E-state index in [1.54, 1.807) is 7.11 Å². The molecule has 0 saturated heterocycles. The van der Waals surface area contributed by atoms with Crippen molar-refractivity contribution in [2.75, 3.05) is 20.2 Å². The molecule has 0 fully saturated rings. The standard InChI is InChI=1S/C6H20N2O2Si2/c1-3-6-12(9-2,10-11)8-5-4-7/h8H,3-7H2,1-2,11H3. The van der Waals surface area contributed by atoms with Gasteiger partial charge in [0.2, 0.25) is 0 Å². The fourth-order valence-electron chi connectivity index (χ4n) is 1.11. The SMILES string of the molecule is CCC[Si](NCCN)(OC)O[SiH3]. The Kier molecular flexibility index (Phi) is 6.91. The van der Waals surface area contributed by atoms with E-state index in [2.05, 4.69) is 11.9 Å². The summed E-state index contributed by atoms with van der Waals surface area (Å²) in [7, 11) is 0.399. The van der Waals surface area contributed by atoms with Gasteiger partial charge < -0.3 is 14.3 Å². The molecule has 0 bridgehead atoms. The Morgan fingerprint density at radius 2 is 2.25 bits per heavy atom. The molecule has 0 aliphatic heterocycles. The maximum absolute atomic E-state index is 5.52. The summed E-state index contributed by atoms with van der Waals surface area (Å²) < 4.78 is 10.9. The molecule has 0 saturated carbocycles. The Morgan fingerprint density at radius 3 is 2.58 bits per heavy atom. The van der Waals surface area contributed by atoms with Gasteiger partial charge in [-0.05, 0) is 0 Å². The van der Waals surface area contributed by atoms with Gasteiger partial charge in [-0.2, -0.15) is 0 Å². The lowest BCUT2D eigenvalue weighted by atomic mass is 10.6. The maximum Gasteiger partial charge on any atom is 0.413 e. The van der Waals surface area contributed by atoms with Crippen molar-refractivity contribution in [3.8, 4) is 0 Å². The van der Waals surface area contributed by atoms with Crippen molar-refractivity contribution < 1.29 is 8.54 Å². The van der Waals surface area contributed by atoms with Crippen molar-refractivity contribution in [3.63, 3.8) is 0 Å². The molecule has 0 aliphatic carbocycles. The fraction of sp³-hybridized carbons (Fsp3) is 1.00. The number of hydrogen-bond donors (Lipinski definition) is 2. The van der Waals surface area contributed by atoms with Gasteiger partial charge in [-0.15, -0.1) is 0 Å². The maximum atomic E-state index is 5.52. The number of nitrogens with one attached hydrogen (secondary N) is 1. The second-order valence-corrected chi connectivity index (χ2v) is 7.03. The molecule has 0 aromatic heterocycles. The normalized spacial score (nSPS) is 16.2. The fourth-order valence-corrected chi connectivity index (χ4v) is 4.88. The largest absolute Gasteiger partial charge is 0.433 e. The van der Waals surface area contributed by atoms with Crippen molar-refractivity contribution in [1.82, 2.24) is 4.98 Å². The molecule has 3 N–H and O–H groups in total. The predicted octanol–water partition coefficient (Wildman–Crippen LogP) is -1.17. The van der Waals surface area contributed by atoms with Crippen LogP contribution in [0.2, 0.25) is 6.04 Å². The average Bonchev–Trinajstić information content (AvgIpc) is 2.13. The molecule has 74 valence electrons. The highest BCUT2D eigenvalue weighted by Gasteiger charge is 2.33. The molecule has 0 rings (SSSR count). The molecular formula is C6H20N2O2Si2. The molecule has 0 aromatic carbocycles. The van der Waals surface area contributed by atoms with Crippen LogP contribution >= 0.6 is 0 Å². The highest BCUT2D eigenvalue weighted by molar-refractivity contribution is 6.67. The first kappa shape index (κ1) is 12.3. The van der Waals surface area contributed by atoms with Crippen molar-refractivity contribution in [2.45, 2.75) is 19.4 Å². The Bertz CT molecular complexity index is 112. The Morgan fingerprint density at radius 1 is 1.58 bits per heavy atom. The van der Waals surface area contributed by atoms with E-state index in [0.717, 1.165) is 29.5 Å². The van der Waals surface area contributed by atoms with Gasteiger partial charge in [-0.3, -0.25) is 4.98 Å². The van der Waals surface area contributed by atoms with Gasteiger partial charge in [0, 0.05) is 26.2 Å². The predicted molar refractivity (Wildman–Crippen MR) is 55.9 cm³/mol. The van der Waals surface area contributed by atoms with Crippen LogP contribution in [0.25, 0.3) is 0 Å². The molecule has 0 aromatic rings. The van der Waals surface area contributed by atoms with Crippen LogP contribution < -0.4 is 10.7 Å². The van der Waals surface area contributed by atoms with Crippen LogP contribution in [0.1, 0.15) is 13.3 Å². The van der Waals surface area contributed by atoms with Crippen LogP contribution in [0, 0.1) is 0 Å². The van der Waals surface area contributed by atoms with E-state index in [-0.39, 0.29) is 0 Å².